The first-order valence-electron chi connectivity index (χ1n) is 5.16. The van der Waals surface area contributed by atoms with Crippen LogP contribution in [0, 0.1) is 12.3 Å². The van der Waals surface area contributed by atoms with Gasteiger partial charge in [0.15, 0.2) is 0 Å². The fourth-order valence-electron chi connectivity index (χ4n) is 1.63. The van der Waals surface area contributed by atoms with Gasteiger partial charge in [-0.25, -0.2) is 0 Å². The second-order valence-electron chi connectivity index (χ2n) is 3.75. The summed E-state index contributed by atoms with van der Waals surface area (Å²) in [5.74, 6) is 0.0531. The van der Waals surface area contributed by atoms with Gasteiger partial charge in [-0.2, -0.15) is 0 Å². The van der Waals surface area contributed by atoms with Crippen molar-refractivity contribution in [3.8, 4) is 11.3 Å². The van der Waals surface area contributed by atoms with Gasteiger partial charge in [-0.05, 0) is 31.2 Å². The number of rotatable bonds is 2. The zero-order valence-electron chi connectivity index (χ0n) is 9.37. The number of halogens is 1. The number of nitrogen functional groups attached to an aromatic ring is 1. The van der Waals surface area contributed by atoms with E-state index in [1.165, 1.54) is 0 Å². The molecular weight excluding hydrogens is 278 g/mol. The maximum atomic E-state index is 7.41. The van der Waals surface area contributed by atoms with Gasteiger partial charge in [0.25, 0.3) is 0 Å². The Labute approximate surface area is 108 Å². The minimum atomic E-state index is 0.0531. The van der Waals surface area contributed by atoms with Crippen LogP contribution in [0.5, 0.6) is 0 Å². The van der Waals surface area contributed by atoms with Gasteiger partial charge in [0.1, 0.15) is 5.84 Å². The van der Waals surface area contributed by atoms with Crippen molar-refractivity contribution >= 4 is 21.8 Å². The van der Waals surface area contributed by atoms with Crippen molar-refractivity contribution in [3.05, 3.63) is 52.1 Å². The highest BCUT2D eigenvalue weighted by molar-refractivity contribution is 9.10. The second-order valence-corrected chi connectivity index (χ2v) is 4.67. The molecule has 1 aromatic carbocycles. The average molecular weight is 290 g/mol. The summed E-state index contributed by atoms with van der Waals surface area (Å²) < 4.78 is 1.04. The van der Waals surface area contributed by atoms with Crippen molar-refractivity contribution in [1.29, 1.82) is 5.41 Å². The maximum absolute atomic E-state index is 7.41. The summed E-state index contributed by atoms with van der Waals surface area (Å²) in [6.45, 7) is 1.86. The van der Waals surface area contributed by atoms with Gasteiger partial charge >= 0.3 is 0 Å². The van der Waals surface area contributed by atoms with E-state index >= 15 is 0 Å². The molecule has 0 bridgehead atoms. The molecule has 0 saturated carbocycles. The largest absolute Gasteiger partial charge is 0.384 e. The lowest BCUT2D eigenvalue weighted by atomic mass is 10.1. The van der Waals surface area contributed by atoms with E-state index in [0.717, 1.165) is 21.4 Å². The van der Waals surface area contributed by atoms with E-state index < -0.39 is 0 Å². The summed E-state index contributed by atoms with van der Waals surface area (Å²) in [5.41, 5.74) is 8.86. The zero-order valence-corrected chi connectivity index (χ0v) is 11.0. The molecule has 0 unspecified atom stereocenters. The molecule has 0 aliphatic rings. The topological polar surface area (TPSA) is 62.8 Å². The third-order valence-electron chi connectivity index (χ3n) is 2.52. The highest BCUT2D eigenvalue weighted by atomic mass is 79.9. The van der Waals surface area contributed by atoms with Gasteiger partial charge in [-0.3, -0.25) is 10.4 Å². The number of nitrogens with zero attached hydrogens (tertiary/aromatic N) is 1. The molecule has 1 heterocycles. The Morgan fingerprint density at radius 2 is 1.82 bits per heavy atom. The molecule has 0 radical (unpaired) electrons. The molecule has 4 heteroatoms. The predicted octanol–water partition coefficient (Wildman–Crippen LogP) is 3.10. The van der Waals surface area contributed by atoms with E-state index in [2.05, 4.69) is 20.9 Å². The molecule has 0 aliphatic carbocycles. The summed E-state index contributed by atoms with van der Waals surface area (Å²) >= 11 is 3.40. The summed E-state index contributed by atoms with van der Waals surface area (Å²) in [5, 5.41) is 7.41. The van der Waals surface area contributed by atoms with E-state index in [-0.39, 0.29) is 5.84 Å². The molecule has 0 amide bonds. The molecule has 0 atom stereocenters. The number of benzene rings is 1. The quantitative estimate of drug-likeness (QED) is 0.659. The Kier molecular flexibility index (Phi) is 3.24. The molecular formula is C13H12BrN3. The minimum absolute atomic E-state index is 0.0531. The Hall–Kier alpha value is -1.68. The molecule has 0 spiro atoms. The fraction of sp³-hybridized carbons (Fsp3) is 0.0769. The fourth-order valence-corrected chi connectivity index (χ4v) is 1.89. The molecule has 3 N–H and O–H groups in total. The van der Waals surface area contributed by atoms with Crippen LogP contribution in [0.3, 0.4) is 0 Å². The number of nitrogens with one attached hydrogen (secondary N) is 1. The maximum Gasteiger partial charge on any atom is 0.124 e. The Bertz CT molecular complexity index is 561. The first kappa shape index (κ1) is 11.8. The Morgan fingerprint density at radius 3 is 2.35 bits per heavy atom. The van der Waals surface area contributed by atoms with Crippen LogP contribution in [0.15, 0.2) is 40.9 Å². The molecule has 0 saturated heterocycles. The number of aromatic nitrogens is 1. The summed E-state index contributed by atoms with van der Waals surface area (Å²) in [6.07, 6.45) is 0. The summed E-state index contributed by atoms with van der Waals surface area (Å²) in [4.78, 5) is 4.46. The molecule has 2 rings (SSSR count). The van der Waals surface area contributed by atoms with E-state index in [1.807, 2.05) is 43.3 Å². The summed E-state index contributed by atoms with van der Waals surface area (Å²) in [6, 6.07) is 11.7. The Balaban J connectivity index is 2.44. The molecule has 3 nitrogen and oxygen atoms in total. The number of hydrogen-bond donors (Lipinski definition) is 2. The first-order valence-corrected chi connectivity index (χ1v) is 5.95. The number of nitrogens with two attached hydrogens (primary N) is 1. The van der Waals surface area contributed by atoms with Gasteiger partial charge in [-0.15, -0.1) is 0 Å². The van der Waals surface area contributed by atoms with E-state index in [9.17, 15) is 0 Å². The highest BCUT2D eigenvalue weighted by Crippen LogP contribution is 2.21. The minimum Gasteiger partial charge on any atom is -0.384 e. The second kappa shape index (κ2) is 4.67. The van der Waals surface area contributed by atoms with Crippen LogP contribution in [0.4, 0.5) is 0 Å². The summed E-state index contributed by atoms with van der Waals surface area (Å²) in [7, 11) is 0. The average Bonchev–Trinajstić information content (AvgIpc) is 2.29. The van der Waals surface area contributed by atoms with Crippen LogP contribution in [0.25, 0.3) is 11.3 Å². The zero-order chi connectivity index (χ0) is 12.4. The predicted molar refractivity (Wildman–Crippen MR) is 73.1 cm³/mol. The van der Waals surface area contributed by atoms with Crippen LogP contribution < -0.4 is 5.73 Å². The van der Waals surface area contributed by atoms with Gasteiger partial charge in [-0.1, -0.05) is 28.1 Å². The van der Waals surface area contributed by atoms with Gasteiger partial charge in [0.2, 0.25) is 0 Å². The van der Waals surface area contributed by atoms with Crippen molar-refractivity contribution in [3.63, 3.8) is 0 Å². The third kappa shape index (κ3) is 2.53. The lowest BCUT2D eigenvalue weighted by molar-refractivity contribution is 1.18. The van der Waals surface area contributed by atoms with Crippen molar-refractivity contribution in [1.82, 2.24) is 4.98 Å². The smallest absolute Gasteiger partial charge is 0.124 e. The van der Waals surface area contributed by atoms with Crippen LogP contribution in [-0.2, 0) is 0 Å². The van der Waals surface area contributed by atoms with Crippen molar-refractivity contribution in [2.75, 3.05) is 0 Å². The molecule has 2 aromatic rings. The van der Waals surface area contributed by atoms with E-state index in [4.69, 9.17) is 11.1 Å². The van der Waals surface area contributed by atoms with Crippen molar-refractivity contribution < 1.29 is 0 Å². The van der Waals surface area contributed by atoms with Gasteiger partial charge in [0.05, 0.1) is 5.69 Å². The molecule has 86 valence electrons. The Morgan fingerprint density at radius 1 is 1.18 bits per heavy atom. The van der Waals surface area contributed by atoms with Crippen LogP contribution >= 0.6 is 15.9 Å². The standard InChI is InChI=1S/C13H12BrN3/c1-8-11(13(15)16)6-7-12(17-8)9-2-4-10(14)5-3-9/h2-7H,1H3,(H3,15,16). The lowest BCUT2D eigenvalue weighted by Gasteiger charge is -2.06. The molecule has 0 fully saturated rings. The first-order chi connectivity index (χ1) is 8.08. The van der Waals surface area contributed by atoms with Crippen molar-refractivity contribution in [2.45, 2.75) is 6.92 Å². The van der Waals surface area contributed by atoms with Crippen LogP contribution in [0.1, 0.15) is 11.3 Å². The highest BCUT2D eigenvalue weighted by Gasteiger charge is 2.05. The van der Waals surface area contributed by atoms with Gasteiger partial charge < -0.3 is 5.73 Å². The third-order valence-corrected chi connectivity index (χ3v) is 3.04. The van der Waals surface area contributed by atoms with E-state index in [1.54, 1.807) is 0 Å². The number of pyridine rings is 1. The van der Waals surface area contributed by atoms with Crippen LogP contribution in [0.2, 0.25) is 0 Å². The van der Waals surface area contributed by atoms with Gasteiger partial charge in [0, 0.05) is 21.3 Å². The lowest BCUT2D eigenvalue weighted by Crippen LogP contribution is -2.13. The number of aryl methyl sites for hydroxylation is 1. The number of amidine groups is 1. The molecule has 17 heavy (non-hydrogen) atoms. The SMILES string of the molecule is Cc1nc(-c2ccc(Br)cc2)ccc1C(=N)N. The van der Waals surface area contributed by atoms with Crippen molar-refractivity contribution in [2.24, 2.45) is 5.73 Å². The molecule has 0 aliphatic heterocycles. The monoisotopic (exact) mass is 289 g/mol. The molecule has 1 aromatic heterocycles. The van der Waals surface area contributed by atoms with E-state index in [0.29, 0.717) is 5.56 Å². The van der Waals surface area contributed by atoms with Crippen LogP contribution in [-0.4, -0.2) is 10.8 Å². The number of hydrogen-bond acceptors (Lipinski definition) is 2. The normalized spacial score (nSPS) is 10.2.